The van der Waals surface area contributed by atoms with E-state index in [1.165, 1.54) is 4.90 Å². The number of carbonyl (C=O) groups is 2. The van der Waals surface area contributed by atoms with Crippen LogP contribution in [0.2, 0.25) is 18.1 Å². The molecule has 0 N–H and O–H groups in total. The van der Waals surface area contributed by atoms with Gasteiger partial charge in [-0.05, 0) is 23.7 Å². The molecule has 1 saturated heterocycles. The maximum atomic E-state index is 12.1. The molecule has 0 spiro atoms. The Hall–Kier alpha value is -1.66. The maximum absolute atomic E-state index is 12.1. The summed E-state index contributed by atoms with van der Waals surface area (Å²) in [7, 11) is -0.509. The number of amides is 1. The quantitative estimate of drug-likeness (QED) is 0.600. The van der Waals surface area contributed by atoms with Gasteiger partial charge in [0.1, 0.15) is 18.4 Å². The van der Waals surface area contributed by atoms with Gasteiger partial charge in [0.05, 0.1) is 0 Å². The molecule has 0 radical (unpaired) electrons. The van der Waals surface area contributed by atoms with Gasteiger partial charge in [-0.25, -0.2) is 4.79 Å². The van der Waals surface area contributed by atoms with Gasteiger partial charge in [-0.1, -0.05) is 51.1 Å². The molecule has 1 aliphatic heterocycles. The predicted molar refractivity (Wildman–Crippen MR) is 95.3 cm³/mol. The Bertz CT molecular complexity index is 597. The second-order valence-electron chi connectivity index (χ2n) is 7.80. The third-order valence-corrected chi connectivity index (χ3v) is 9.58. The molecule has 0 aliphatic carbocycles. The smallest absolute Gasteiger partial charge is 0.410 e. The Labute approximate surface area is 145 Å². The van der Waals surface area contributed by atoms with E-state index in [2.05, 4.69) is 33.9 Å². The molecule has 1 heterocycles. The SMILES string of the molecule is CN1C(=O)O[C@H](c2ccccc2)[C@H]1[C@H](C=O)O[Si](C)(C)C(C)(C)C. The zero-order valence-corrected chi connectivity index (χ0v) is 16.3. The number of likely N-dealkylation sites (N-methyl/N-ethyl adjacent to an activating group) is 1. The average molecular weight is 350 g/mol. The Kier molecular flexibility index (Phi) is 5.20. The van der Waals surface area contributed by atoms with E-state index in [1.807, 2.05) is 30.3 Å². The molecule has 1 aromatic rings. The van der Waals surface area contributed by atoms with Crippen LogP contribution in [-0.2, 0) is 14.0 Å². The first-order valence-corrected chi connectivity index (χ1v) is 11.1. The standard InChI is InChI=1S/C18H27NO4Si/c1-18(2,3)24(5,6)23-14(12-20)15-16(22-17(21)19(15)4)13-10-8-7-9-11-13/h7-12,14-16H,1-6H3/t14-,15+,16+/m0/s1. The lowest BCUT2D eigenvalue weighted by Crippen LogP contribution is -2.51. The minimum absolute atomic E-state index is 0.0292. The van der Waals surface area contributed by atoms with Crippen LogP contribution in [0.15, 0.2) is 30.3 Å². The first-order chi connectivity index (χ1) is 11.1. The van der Waals surface area contributed by atoms with Crippen molar-refractivity contribution in [2.75, 3.05) is 7.05 Å². The molecule has 0 saturated carbocycles. The van der Waals surface area contributed by atoms with Crippen molar-refractivity contribution in [2.45, 2.75) is 57.2 Å². The van der Waals surface area contributed by atoms with E-state index in [1.54, 1.807) is 7.05 Å². The lowest BCUT2D eigenvalue weighted by molar-refractivity contribution is -0.117. The van der Waals surface area contributed by atoms with Crippen LogP contribution >= 0.6 is 0 Å². The molecular weight excluding hydrogens is 322 g/mol. The summed E-state index contributed by atoms with van der Waals surface area (Å²) in [6, 6.07) is 9.03. The molecule has 5 nitrogen and oxygen atoms in total. The summed E-state index contributed by atoms with van der Waals surface area (Å²) in [6.07, 6.45) is -0.852. The molecule has 6 heteroatoms. The van der Waals surface area contributed by atoms with Crippen LogP contribution in [0.4, 0.5) is 4.79 Å². The van der Waals surface area contributed by atoms with Crippen molar-refractivity contribution in [2.24, 2.45) is 0 Å². The Balaban J connectivity index is 2.33. The molecule has 132 valence electrons. The highest BCUT2D eigenvalue weighted by Gasteiger charge is 2.49. The third kappa shape index (κ3) is 3.54. The maximum Gasteiger partial charge on any atom is 0.410 e. The summed E-state index contributed by atoms with van der Waals surface area (Å²) in [6.45, 7) is 10.6. The van der Waals surface area contributed by atoms with Crippen molar-refractivity contribution < 1.29 is 18.8 Å². The Morgan fingerprint density at radius 2 is 1.83 bits per heavy atom. The van der Waals surface area contributed by atoms with E-state index >= 15 is 0 Å². The summed E-state index contributed by atoms with van der Waals surface area (Å²) in [4.78, 5) is 25.4. The summed E-state index contributed by atoms with van der Waals surface area (Å²) in [5.74, 6) is 0. The van der Waals surface area contributed by atoms with E-state index < -0.39 is 32.7 Å². The number of aldehydes is 1. The molecule has 1 aliphatic rings. The second kappa shape index (κ2) is 6.68. The van der Waals surface area contributed by atoms with Gasteiger partial charge in [0.2, 0.25) is 0 Å². The van der Waals surface area contributed by atoms with Crippen LogP contribution in [0.1, 0.15) is 32.4 Å². The molecule has 1 fully saturated rings. The fraction of sp³-hybridized carbons (Fsp3) is 0.556. The summed E-state index contributed by atoms with van der Waals surface area (Å²) < 4.78 is 11.8. The monoisotopic (exact) mass is 349 g/mol. The topological polar surface area (TPSA) is 55.8 Å². The van der Waals surface area contributed by atoms with Crippen LogP contribution in [-0.4, -0.2) is 44.8 Å². The van der Waals surface area contributed by atoms with Gasteiger partial charge in [0, 0.05) is 7.05 Å². The fourth-order valence-corrected chi connectivity index (χ4v) is 3.81. The first-order valence-electron chi connectivity index (χ1n) is 8.20. The van der Waals surface area contributed by atoms with Gasteiger partial charge in [0.15, 0.2) is 14.4 Å². The van der Waals surface area contributed by atoms with Gasteiger partial charge in [-0.15, -0.1) is 0 Å². The van der Waals surface area contributed by atoms with E-state index in [-0.39, 0.29) is 5.04 Å². The highest BCUT2D eigenvalue weighted by Crippen LogP contribution is 2.40. The number of cyclic esters (lactones) is 1. The van der Waals surface area contributed by atoms with E-state index in [9.17, 15) is 9.59 Å². The molecular formula is C18H27NO4Si. The van der Waals surface area contributed by atoms with Crippen molar-refractivity contribution in [1.29, 1.82) is 0 Å². The molecule has 0 bridgehead atoms. The van der Waals surface area contributed by atoms with Crippen molar-refractivity contribution in [3.8, 4) is 0 Å². The van der Waals surface area contributed by atoms with Gasteiger partial charge in [0.25, 0.3) is 0 Å². The van der Waals surface area contributed by atoms with Crippen LogP contribution < -0.4 is 0 Å². The van der Waals surface area contributed by atoms with Crippen molar-refractivity contribution >= 4 is 20.7 Å². The minimum Gasteiger partial charge on any atom is -0.439 e. The van der Waals surface area contributed by atoms with E-state index in [0.29, 0.717) is 0 Å². The highest BCUT2D eigenvalue weighted by molar-refractivity contribution is 6.74. The van der Waals surface area contributed by atoms with Gasteiger partial charge >= 0.3 is 6.09 Å². The van der Waals surface area contributed by atoms with Crippen LogP contribution in [0.5, 0.6) is 0 Å². The molecule has 24 heavy (non-hydrogen) atoms. The number of hydrogen-bond acceptors (Lipinski definition) is 4. The molecule has 3 atom stereocenters. The molecule has 0 aromatic heterocycles. The largest absolute Gasteiger partial charge is 0.439 e. The van der Waals surface area contributed by atoms with Gasteiger partial charge < -0.3 is 18.9 Å². The van der Waals surface area contributed by atoms with Crippen LogP contribution in [0.3, 0.4) is 0 Å². The average Bonchev–Trinajstić information content (AvgIpc) is 2.80. The molecule has 0 unspecified atom stereocenters. The summed E-state index contributed by atoms with van der Waals surface area (Å²) in [5.41, 5.74) is 0.867. The Morgan fingerprint density at radius 3 is 2.33 bits per heavy atom. The second-order valence-corrected chi connectivity index (χ2v) is 12.6. The lowest BCUT2D eigenvalue weighted by atomic mass is 9.98. The zero-order valence-electron chi connectivity index (χ0n) is 15.3. The van der Waals surface area contributed by atoms with Crippen molar-refractivity contribution in [1.82, 2.24) is 4.90 Å². The number of ether oxygens (including phenoxy) is 1. The van der Waals surface area contributed by atoms with E-state index in [4.69, 9.17) is 9.16 Å². The highest BCUT2D eigenvalue weighted by atomic mass is 28.4. The minimum atomic E-state index is -2.16. The van der Waals surface area contributed by atoms with E-state index in [0.717, 1.165) is 11.8 Å². The zero-order chi connectivity index (χ0) is 18.1. The molecule has 1 aromatic carbocycles. The van der Waals surface area contributed by atoms with Crippen molar-refractivity contribution in [3.63, 3.8) is 0 Å². The number of rotatable bonds is 5. The number of carbonyl (C=O) groups excluding carboxylic acids is 2. The third-order valence-electron chi connectivity index (χ3n) is 5.11. The lowest BCUT2D eigenvalue weighted by Gasteiger charge is -2.40. The first kappa shape index (κ1) is 18.7. The number of benzene rings is 1. The predicted octanol–water partition coefficient (Wildman–Crippen LogP) is 3.77. The normalized spacial score (nSPS) is 23.1. The molecule has 2 rings (SSSR count). The number of nitrogens with zero attached hydrogens (tertiary/aromatic N) is 1. The molecule has 1 amide bonds. The summed E-state index contributed by atoms with van der Waals surface area (Å²) in [5, 5.41) is -0.0292. The summed E-state index contributed by atoms with van der Waals surface area (Å²) >= 11 is 0. The van der Waals surface area contributed by atoms with Gasteiger partial charge in [-0.3, -0.25) is 0 Å². The Morgan fingerprint density at radius 1 is 1.25 bits per heavy atom. The van der Waals surface area contributed by atoms with Crippen LogP contribution in [0, 0.1) is 0 Å². The number of hydrogen-bond donors (Lipinski definition) is 0. The van der Waals surface area contributed by atoms with Crippen molar-refractivity contribution in [3.05, 3.63) is 35.9 Å². The van der Waals surface area contributed by atoms with Crippen LogP contribution in [0.25, 0.3) is 0 Å². The van der Waals surface area contributed by atoms with Gasteiger partial charge in [-0.2, -0.15) is 0 Å². The fourth-order valence-electron chi connectivity index (χ4n) is 2.58.